The minimum atomic E-state index is -0.996. The van der Waals surface area contributed by atoms with Crippen molar-refractivity contribution >= 4 is 11.8 Å². The highest BCUT2D eigenvalue weighted by Crippen LogP contribution is 2.23. The SMILES string of the molecule is Cc1cc(OCC(=O)NNC(=O)C(C)Oc2ccccc2F)ccc1C(C)C. The van der Waals surface area contributed by atoms with E-state index in [1.165, 1.54) is 30.7 Å². The van der Waals surface area contributed by atoms with Crippen molar-refractivity contribution in [1.82, 2.24) is 10.9 Å². The Morgan fingerprint density at radius 2 is 1.79 bits per heavy atom. The molecule has 2 N–H and O–H groups in total. The summed E-state index contributed by atoms with van der Waals surface area (Å²) in [6.45, 7) is 7.39. The van der Waals surface area contributed by atoms with Gasteiger partial charge >= 0.3 is 0 Å². The molecule has 28 heavy (non-hydrogen) atoms. The van der Waals surface area contributed by atoms with Gasteiger partial charge in [0.1, 0.15) is 5.75 Å². The summed E-state index contributed by atoms with van der Waals surface area (Å²) in [6, 6.07) is 11.4. The van der Waals surface area contributed by atoms with Gasteiger partial charge in [-0.2, -0.15) is 0 Å². The number of para-hydroxylation sites is 1. The third-order valence-corrected chi connectivity index (χ3v) is 4.07. The molecule has 2 aromatic rings. The molecule has 2 amide bonds. The van der Waals surface area contributed by atoms with Gasteiger partial charge in [0.2, 0.25) is 0 Å². The van der Waals surface area contributed by atoms with Gasteiger partial charge in [-0.25, -0.2) is 4.39 Å². The maximum atomic E-state index is 13.5. The number of amides is 2. The summed E-state index contributed by atoms with van der Waals surface area (Å²) in [5.41, 5.74) is 6.77. The number of nitrogens with one attached hydrogen (secondary N) is 2. The van der Waals surface area contributed by atoms with E-state index in [0.717, 1.165) is 5.56 Å². The van der Waals surface area contributed by atoms with Gasteiger partial charge in [0.05, 0.1) is 0 Å². The largest absolute Gasteiger partial charge is 0.484 e. The molecule has 2 aromatic carbocycles. The van der Waals surface area contributed by atoms with E-state index in [1.807, 2.05) is 19.1 Å². The van der Waals surface area contributed by atoms with Crippen LogP contribution in [0.3, 0.4) is 0 Å². The van der Waals surface area contributed by atoms with Crippen LogP contribution in [0.4, 0.5) is 4.39 Å². The van der Waals surface area contributed by atoms with Crippen molar-refractivity contribution in [2.24, 2.45) is 0 Å². The molecule has 0 aromatic heterocycles. The lowest BCUT2D eigenvalue weighted by molar-refractivity contribution is -0.133. The monoisotopic (exact) mass is 388 g/mol. The standard InChI is InChI=1S/C21H25FN2O4/c1-13(2)17-10-9-16(11-14(17)3)27-12-20(25)23-24-21(26)15(4)28-19-8-6-5-7-18(19)22/h5-11,13,15H,12H2,1-4H3,(H,23,25)(H,24,26). The zero-order valence-corrected chi connectivity index (χ0v) is 16.4. The van der Waals surface area contributed by atoms with E-state index in [1.54, 1.807) is 12.1 Å². The quantitative estimate of drug-likeness (QED) is 0.714. The van der Waals surface area contributed by atoms with E-state index in [4.69, 9.17) is 9.47 Å². The van der Waals surface area contributed by atoms with Crippen molar-refractivity contribution < 1.29 is 23.5 Å². The van der Waals surface area contributed by atoms with Crippen LogP contribution in [-0.4, -0.2) is 24.5 Å². The molecular weight excluding hydrogens is 363 g/mol. The second kappa shape index (κ2) is 9.73. The molecule has 0 aliphatic carbocycles. The van der Waals surface area contributed by atoms with Crippen LogP contribution in [0.5, 0.6) is 11.5 Å². The Morgan fingerprint density at radius 3 is 2.43 bits per heavy atom. The van der Waals surface area contributed by atoms with Gasteiger partial charge in [0, 0.05) is 0 Å². The zero-order valence-electron chi connectivity index (χ0n) is 16.4. The fourth-order valence-electron chi connectivity index (χ4n) is 2.59. The van der Waals surface area contributed by atoms with Crippen LogP contribution in [0, 0.1) is 12.7 Å². The van der Waals surface area contributed by atoms with Crippen LogP contribution in [0.1, 0.15) is 37.8 Å². The predicted molar refractivity (Wildman–Crippen MR) is 104 cm³/mol. The molecule has 0 radical (unpaired) electrons. The first-order valence-electron chi connectivity index (χ1n) is 9.01. The second-order valence-corrected chi connectivity index (χ2v) is 6.69. The van der Waals surface area contributed by atoms with E-state index >= 15 is 0 Å². The van der Waals surface area contributed by atoms with Crippen LogP contribution in [0.2, 0.25) is 0 Å². The molecule has 6 nitrogen and oxygen atoms in total. The second-order valence-electron chi connectivity index (χ2n) is 6.69. The molecule has 0 bridgehead atoms. The topological polar surface area (TPSA) is 76.7 Å². The summed E-state index contributed by atoms with van der Waals surface area (Å²) in [5, 5.41) is 0. The van der Waals surface area contributed by atoms with E-state index in [9.17, 15) is 14.0 Å². The molecule has 1 unspecified atom stereocenters. The molecule has 0 saturated heterocycles. The molecule has 0 aliphatic heterocycles. The molecule has 0 spiro atoms. The molecule has 150 valence electrons. The molecule has 2 rings (SSSR count). The lowest BCUT2D eigenvalue weighted by Crippen LogP contribution is -2.48. The minimum Gasteiger partial charge on any atom is -0.484 e. The number of aryl methyl sites for hydroxylation is 1. The number of hydrogen-bond donors (Lipinski definition) is 2. The average molecular weight is 388 g/mol. The molecule has 1 atom stereocenters. The fraction of sp³-hybridized carbons (Fsp3) is 0.333. The van der Waals surface area contributed by atoms with Crippen molar-refractivity contribution in [2.45, 2.75) is 39.7 Å². The predicted octanol–water partition coefficient (Wildman–Crippen LogP) is 3.25. The van der Waals surface area contributed by atoms with Crippen LogP contribution < -0.4 is 20.3 Å². The summed E-state index contributed by atoms with van der Waals surface area (Å²) < 4.78 is 24.2. The number of hydrogen-bond acceptors (Lipinski definition) is 4. The molecular formula is C21H25FN2O4. The lowest BCUT2D eigenvalue weighted by Gasteiger charge is -2.16. The Labute approximate surface area is 164 Å². The van der Waals surface area contributed by atoms with Gasteiger partial charge in [0.25, 0.3) is 11.8 Å². The van der Waals surface area contributed by atoms with Crippen molar-refractivity contribution in [2.75, 3.05) is 6.61 Å². The van der Waals surface area contributed by atoms with Crippen molar-refractivity contribution in [3.05, 3.63) is 59.4 Å². The van der Waals surface area contributed by atoms with Crippen molar-refractivity contribution in [1.29, 1.82) is 0 Å². The molecule has 0 fully saturated rings. The number of ether oxygens (including phenoxy) is 2. The van der Waals surface area contributed by atoms with Gasteiger partial charge in [0.15, 0.2) is 24.3 Å². The molecule has 0 saturated carbocycles. The number of hydrazine groups is 1. The Bertz CT molecular complexity index is 839. The third kappa shape index (κ3) is 5.97. The summed E-state index contributed by atoms with van der Waals surface area (Å²) in [7, 11) is 0. The lowest BCUT2D eigenvalue weighted by atomic mass is 9.98. The number of carbonyl (C=O) groups excluding carboxylic acids is 2. The van der Waals surface area contributed by atoms with E-state index in [-0.39, 0.29) is 12.4 Å². The normalized spacial score (nSPS) is 11.6. The maximum Gasteiger partial charge on any atom is 0.279 e. The van der Waals surface area contributed by atoms with Gasteiger partial charge in [-0.15, -0.1) is 0 Å². The van der Waals surface area contributed by atoms with Crippen molar-refractivity contribution in [3.63, 3.8) is 0 Å². The number of rotatable bonds is 7. The minimum absolute atomic E-state index is 0.0416. The number of halogens is 1. The van der Waals surface area contributed by atoms with Gasteiger partial charge in [-0.3, -0.25) is 20.4 Å². The Balaban J connectivity index is 1.78. The van der Waals surface area contributed by atoms with Gasteiger partial charge in [-0.05, 0) is 55.2 Å². The van der Waals surface area contributed by atoms with Crippen molar-refractivity contribution in [3.8, 4) is 11.5 Å². The number of carbonyl (C=O) groups is 2. The summed E-state index contributed by atoms with van der Waals surface area (Å²) >= 11 is 0. The van der Waals surface area contributed by atoms with E-state index < -0.39 is 23.7 Å². The highest BCUT2D eigenvalue weighted by Gasteiger charge is 2.17. The fourth-order valence-corrected chi connectivity index (χ4v) is 2.59. The smallest absolute Gasteiger partial charge is 0.279 e. The summed E-state index contributed by atoms with van der Waals surface area (Å²) in [4.78, 5) is 23.8. The van der Waals surface area contributed by atoms with Crippen LogP contribution in [-0.2, 0) is 9.59 Å². The van der Waals surface area contributed by atoms with Crippen LogP contribution >= 0.6 is 0 Å². The Hall–Kier alpha value is -3.09. The first-order chi connectivity index (χ1) is 13.3. The summed E-state index contributed by atoms with van der Waals surface area (Å²) in [6.07, 6.45) is -0.996. The van der Waals surface area contributed by atoms with Crippen LogP contribution in [0.15, 0.2) is 42.5 Å². The zero-order chi connectivity index (χ0) is 20.7. The first-order valence-corrected chi connectivity index (χ1v) is 9.01. The van der Waals surface area contributed by atoms with E-state index in [2.05, 4.69) is 24.7 Å². The Kier molecular flexibility index (Phi) is 7.37. The van der Waals surface area contributed by atoms with E-state index in [0.29, 0.717) is 11.7 Å². The molecule has 0 heterocycles. The van der Waals surface area contributed by atoms with Crippen LogP contribution in [0.25, 0.3) is 0 Å². The molecule has 7 heteroatoms. The van der Waals surface area contributed by atoms with Gasteiger partial charge in [-0.1, -0.05) is 32.0 Å². The first kappa shape index (κ1) is 21.2. The maximum absolute atomic E-state index is 13.5. The average Bonchev–Trinajstić information content (AvgIpc) is 2.65. The third-order valence-electron chi connectivity index (χ3n) is 4.07. The Morgan fingerprint density at radius 1 is 1.07 bits per heavy atom. The molecule has 0 aliphatic rings. The highest BCUT2D eigenvalue weighted by molar-refractivity contribution is 5.85. The summed E-state index contributed by atoms with van der Waals surface area (Å²) in [5.74, 6) is -0.787. The highest BCUT2D eigenvalue weighted by atomic mass is 19.1. The number of benzene rings is 2. The van der Waals surface area contributed by atoms with Gasteiger partial charge < -0.3 is 9.47 Å².